The zero-order valence-electron chi connectivity index (χ0n) is 14.7. The van der Waals surface area contributed by atoms with Gasteiger partial charge in [-0.3, -0.25) is 9.59 Å². The standard InChI is InChI=1S/C17H22N2O7/c18-10(5-8-6-19-11-4-2-1-3-9(8)11)13(22)15(24)17(26)16(25)14(23)12(21)7-20/h1-4,6,10,12,14,16-17,19-21,23,25-26H,5,7,18H2/t10-,12+,14+,16-,17-/m0/s1/i/hD. The summed E-state index contributed by atoms with van der Waals surface area (Å²) in [6.45, 7) is -0.912. The number of nitrogens with one attached hydrogen (secondary N) is 1. The number of rotatable bonds is 10. The molecule has 0 aliphatic carbocycles. The van der Waals surface area contributed by atoms with Crippen LogP contribution in [-0.4, -0.2) is 79.1 Å². The number of aliphatic hydroxyl groups excluding tert-OH is 5. The normalized spacial score (nSPS) is 18.0. The highest BCUT2D eigenvalue weighted by Crippen LogP contribution is 2.19. The number of benzene rings is 1. The number of ketones is 2. The fraction of sp³-hybridized carbons (Fsp3) is 0.412. The molecule has 0 radical (unpaired) electrons. The second kappa shape index (κ2) is 8.49. The average molecular weight is 367 g/mol. The molecule has 0 unspecified atom stereocenters. The maximum Gasteiger partial charge on any atom is 0.231 e. The van der Waals surface area contributed by atoms with E-state index in [2.05, 4.69) is 4.98 Å². The minimum Gasteiger partial charge on any atom is -0.394 e. The van der Waals surface area contributed by atoms with Gasteiger partial charge in [-0.15, -0.1) is 0 Å². The number of hydrogen-bond donors (Lipinski definition) is 7. The smallest absolute Gasteiger partial charge is 0.231 e. The van der Waals surface area contributed by atoms with Gasteiger partial charge < -0.3 is 36.2 Å². The van der Waals surface area contributed by atoms with Gasteiger partial charge in [-0.05, 0) is 18.1 Å². The molecule has 0 spiro atoms. The molecular formula is C17H22N2O7. The van der Waals surface area contributed by atoms with E-state index in [-0.39, 0.29) is 6.42 Å². The summed E-state index contributed by atoms with van der Waals surface area (Å²) in [7, 11) is 0. The number of fused-ring (bicyclic) bond motifs is 1. The van der Waals surface area contributed by atoms with E-state index in [4.69, 9.17) is 6.52 Å². The second-order valence-electron chi connectivity index (χ2n) is 6.02. The minimum absolute atomic E-state index is 0.0251. The SMILES string of the molecule is [2H]N[C@@H](Cc1c[nH]c2ccccc12)C(=O)C(=O)[C@H](O)[C@@H](O)[C@H](O)[C@H](O)CO. The van der Waals surface area contributed by atoms with Gasteiger partial charge in [-0.2, -0.15) is 0 Å². The second-order valence-corrected chi connectivity index (χ2v) is 6.02. The summed E-state index contributed by atoms with van der Waals surface area (Å²) in [5.74, 6) is -2.58. The topological polar surface area (TPSA) is 177 Å². The van der Waals surface area contributed by atoms with E-state index in [1.807, 2.05) is 17.9 Å². The van der Waals surface area contributed by atoms with Gasteiger partial charge in [0.2, 0.25) is 11.6 Å². The number of Topliss-reactive ketones (excluding diaryl/α,β-unsaturated/α-hetero) is 2. The zero-order valence-corrected chi connectivity index (χ0v) is 13.7. The van der Waals surface area contributed by atoms with Crippen molar-refractivity contribution in [3.63, 3.8) is 0 Å². The van der Waals surface area contributed by atoms with Crippen molar-refractivity contribution in [1.29, 1.82) is 0 Å². The molecular weight excluding hydrogens is 344 g/mol. The molecule has 0 saturated heterocycles. The number of carbonyl (C=O) groups is 2. The average Bonchev–Trinajstić information content (AvgIpc) is 3.11. The highest BCUT2D eigenvalue weighted by Gasteiger charge is 2.38. The number of nitrogens with two attached hydrogens (primary N) is 1. The number of hydrogen-bond acceptors (Lipinski definition) is 8. The first-order chi connectivity index (χ1) is 12.8. The number of para-hydroxylation sites is 1. The van der Waals surface area contributed by atoms with Gasteiger partial charge in [-0.1, -0.05) is 18.2 Å². The summed E-state index contributed by atoms with van der Waals surface area (Å²) < 4.78 is 7.33. The Morgan fingerprint density at radius 2 is 1.81 bits per heavy atom. The van der Waals surface area contributed by atoms with E-state index in [0.29, 0.717) is 5.56 Å². The Morgan fingerprint density at radius 1 is 1.12 bits per heavy atom. The molecule has 1 aromatic heterocycles. The van der Waals surface area contributed by atoms with Crippen molar-refractivity contribution >= 4 is 22.5 Å². The number of H-pyrrole nitrogens is 1. The molecule has 0 fully saturated rings. The minimum atomic E-state index is -2.31. The molecule has 0 saturated carbocycles. The summed E-state index contributed by atoms with van der Waals surface area (Å²) in [6.07, 6.45) is -6.70. The van der Waals surface area contributed by atoms with Crippen LogP contribution in [0.5, 0.6) is 0 Å². The van der Waals surface area contributed by atoms with Crippen LogP contribution in [0, 0.1) is 0 Å². The van der Waals surface area contributed by atoms with Gasteiger partial charge in [0.25, 0.3) is 0 Å². The lowest BCUT2D eigenvalue weighted by Crippen LogP contribution is -2.52. The molecule has 1 heterocycles. The zero-order chi connectivity index (χ0) is 20.1. The Balaban J connectivity index is 2.12. The maximum absolute atomic E-state index is 12.3. The van der Waals surface area contributed by atoms with E-state index in [1.165, 1.54) is 0 Å². The maximum atomic E-state index is 12.3. The molecule has 2 rings (SSSR count). The lowest BCUT2D eigenvalue weighted by Gasteiger charge is -2.25. The summed E-state index contributed by atoms with van der Waals surface area (Å²) in [4.78, 5) is 27.5. The van der Waals surface area contributed by atoms with Gasteiger partial charge in [0.15, 0.2) is 0 Å². The highest BCUT2D eigenvalue weighted by atomic mass is 16.4. The predicted molar refractivity (Wildman–Crippen MR) is 91.1 cm³/mol. The van der Waals surface area contributed by atoms with E-state index in [9.17, 15) is 30.0 Å². The van der Waals surface area contributed by atoms with Crippen molar-refractivity contribution in [3.05, 3.63) is 36.0 Å². The molecule has 0 amide bonds. The summed E-state index contributed by atoms with van der Waals surface area (Å²) >= 11 is 0. The van der Waals surface area contributed by atoms with Gasteiger partial charge in [0, 0.05) is 17.1 Å². The van der Waals surface area contributed by atoms with E-state index < -0.39 is 48.6 Å². The van der Waals surface area contributed by atoms with Crippen molar-refractivity contribution in [2.45, 2.75) is 36.9 Å². The molecule has 142 valence electrons. The number of aromatic amines is 1. The van der Waals surface area contributed by atoms with E-state index in [1.54, 1.807) is 18.3 Å². The van der Waals surface area contributed by atoms with Crippen LogP contribution in [0.25, 0.3) is 10.9 Å². The van der Waals surface area contributed by atoms with Crippen molar-refractivity contribution in [1.82, 2.24) is 4.98 Å². The van der Waals surface area contributed by atoms with Crippen LogP contribution in [0.1, 0.15) is 5.56 Å². The molecule has 1 aromatic carbocycles. The number of aliphatic hydroxyl groups is 5. The van der Waals surface area contributed by atoms with Crippen LogP contribution in [0.2, 0.25) is 1.41 Å². The number of aromatic nitrogens is 1. The molecule has 2 aromatic rings. The van der Waals surface area contributed by atoms with Crippen molar-refractivity contribution < 1.29 is 36.5 Å². The monoisotopic (exact) mass is 367 g/mol. The van der Waals surface area contributed by atoms with Crippen LogP contribution >= 0.6 is 0 Å². The molecule has 8 N–H and O–H groups in total. The van der Waals surface area contributed by atoms with Gasteiger partial charge in [0.1, 0.15) is 25.8 Å². The van der Waals surface area contributed by atoms with Crippen LogP contribution in [0.3, 0.4) is 0 Å². The Kier molecular flexibility index (Phi) is 6.09. The third kappa shape index (κ3) is 4.15. The van der Waals surface area contributed by atoms with Gasteiger partial charge in [-0.25, -0.2) is 0 Å². The molecule has 9 heteroatoms. The molecule has 0 bridgehead atoms. The summed E-state index contributed by atoms with van der Waals surface area (Å²) in [5, 5.41) is 48.0. The molecule has 0 aliphatic rings. The molecule has 5 atom stereocenters. The third-order valence-electron chi connectivity index (χ3n) is 4.18. The van der Waals surface area contributed by atoms with Gasteiger partial charge >= 0.3 is 0 Å². The largest absolute Gasteiger partial charge is 0.394 e. The summed E-state index contributed by atoms with van der Waals surface area (Å²) in [6, 6.07) is 5.95. The van der Waals surface area contributed by atoms with Crippen LogP contribution < -0.4 is 5.73 Å². The molecule has 0 aliphatic heterocycles. The fourth-order valence-electron chi connectivity index (χ4n) is 2.61. The Labute approximate surface area is 150 Å². The van der Waals surface area contributed by atoms with Crippen molar-refractivity contribution in [3.8, 4) is 0 Å². The van der Waals surface area contributed by atoms with Crippen LogP contribution in [-0.2, 0) is 16.0 Å². The Bertz CT molecular complexity index is 796. The first-order valence-corrected chi connectivity index (χ1v) is 7.95. The lowest BCUT2D eigenvalue weighted by molar-refractivity contribution is -0.154. The third-order valence-corrected chi connectivity index (χ3v) is 4.18. The summed E-state index contributed by atoms with van der Waals surface area (Å²) in [5.41, 5.74) is 3.44. The first-order valence-electron chi connectivity index (χ1n) is 8.45. The first kappa shape index (κ1) is 18.6. The van der Waals surface area contributed by atoms with Gasteiger partial charge in [0.05, 0.1) is 12.6 Å². The Morgan fingerprint density at radius 3 is 2.46 bits per heavy atom. The van der Waals surface area contributed by atoms with Crippen molar-refractivity contribution in [2.24, 2.45) is 5.73 Å². The lowest BCUT2D eigenvalue weighted by atomic mass is 9.94. The highest BCUT2D eigenvalue weighted by molar-refractivity contribution is 6.40. The Hall–Kier alpha value is -2.14. The van der Waals surface area contributed by atoms with E-state index in [0.717, 1.165) is 10.9 Å². The fourth-order valence-corrected chi connectivity index (χ4v) is 2.61. The molecule has 26 heavy (non-hydrogen) atoms. The quantitative estimate of drug-likeness (QED) is 0.227. The number of carbonyl (C=O) groups excluding carboxylic acids is 2. The van der Waals surface area contributed by atoms with Crippen LogP contribution in [0.4, 0.5) is 0 Å². The molecule has 9 nitrogen and oxygen atoms in total. The van der Waals surface area contributed by atoms with Crippen LogP contribution in [0.15, 0.2) is 30.5 Å². The van der Waals surface area contributed by atoms with Crippen molar-refractivity contribution in [2.75, 3.05) is 6.61 Å². The predicted octanol–water partition coefficient (Wildman–Crippen LogP) is -2.39. The van der Waals surface area contributed by atoms with E-state index >= 15 is 0 Å².